The molecule has 0 aliphatic rings. The number of hydrogen-bond donors (Lipinski definition) is 2. The van der Waals surface area contributed by atoms with Crippen LogP contribution < -0.4 is 10.6 Å². The van der Waals surface area contributed by atoms with E-state index in [1.807, 2.05) is 0 Å². The van der Waals surface area contributed by atoms with Gasteiger partial charge in [-0.15, -0.1) is 0 Å². The fraction of sp³-hybridized carbons (Fsp3) is 0.909. The molecule has 0 fully saturated rings. The van der Waals surface area contributed by atoms with E-state index < -0.39 is 0 Å². The van der Waals surface area contributed by atoms with Gasteiger partial charge in [0.25, 0.3) is 0 Å². The summed E-state index contributed by atoms with van der Waals surface area (Å²) in [5, 5.41) is 6.20. The van der Waals surface area contributed by atoms with Gasteiger partial charge in [0.1, 0.15) is 0 Å². The monoisotopic (exact) mass is 383 g/mol. The van der Waals surface area contributed by atoms with Crippen LogP contribution in [0.4, 0.5) is 9.59 Å². The Kier molecular flexibility index (Phi) is 15.0. The summed E-state index contributed by atoms with van der Waals surface area (Å²) in [5.41, 5.74) is 0. The molecule has 0 aliphatic carbocycles. The zero-order chi connectivity index (χ0) is 20.7. The second kappa shape index (κ2) is 15.8. The number of nitrogens with zero attached hydrogens (tertiary/aromatic N) is 1. The van der Waals surface area contributed by atoms with Crippen LogP contribution >= 0.6 is 0 Å². The molecule has 0 bridgehead atoms. The van der Waals surface area contributed by atoms with E-state index in [-0.39, 0.29) is 24.1 Å². The first-order chi connectivity index (χ1) is 13.0. The van der Waals surface area contributed by atoms with Crippen molar-refractivity contribution in [2.45, 2.75) is 118 Å². The largest absolute Gasteiger partial charge is 0.335 e. The SMILES string of the molecule is CCCC(CC)CN(C(=O)NC(CC)CCC)C(=O)NC(CCC)CCC. The highest BCUT2D eigenvalue weighted by molar-refractivity contribution is 5.93. The fourth-order valence-electron chi connectivity index (χ4n) is 3.57. The van der Waals surface area contributed by atoms with Gasteiger partial charge in [0.15, 0.2) is 0 Å². The van der Waals surface area contributed by atoms with Crippen molar-refractivity contribution < 1.29 is 9.59 Å². The van der Waals surface area contributed by atoms with E-state index in [0.717, 1.165) is 64.2 Å². The average molecular weight is 384 g/mol. The van der Waals surface area contributed by atoms with Crippen LogP contribution in [0, 0.1) is 5.92 Å². The molecule has 0 heterocycles. The first-order valence-corrected chi connectivity index (χ1v) is 11.3. The van der Waals surface area contributed by atoms with Crippen molar-refractivity contribution in [2.24, 2.45) is 5.92 Å². The molecule has 4 amide bonds. The van der Waals surface area contributed by atoms with Gasteiger partial charge in [0, 0.05) is 18.6 Å². The van der Waals surface area contributed by atoms with E-state index in [1.54, 1.807) is 0 Å². The van der Waals surface area contributed by atoms with E-state index in [2.05, 4.69) is 52.2 Å². The molecule has 0 aromatic heterocycles. The second-order valence-corrected chi connectivity index (χ2v) is 7.74. The second-order valence-electron chi connectivity index (χ2n) is 7.74. The molecule has 0 saturated heterocycles. The number of carbonyl (C=O) groups is 2. The molecule has 0 aromatic carbocycles. The highest BCUT2D eigenvalue weighted by Crippen LogP contribution is 2.15. The van der Waals surface area contributed by atoms with Crippen LogP contribution in [0.25, 0.3) is 0 Å². The van der Waals surface area contributed by atoms with Gasteiger partial charge in [-0.2, -0.15) is 0 Å². The van der Waals surface area contributed by atoms with Gasteiger partial charge in [-0.1, -0.05) is 73.6 Å². The maximum absolute atomic E-state index is 13.0. The molecule has 2 N–H and O–H groups in total. The Bertz CT molecular complexity index is 395. The summed E-state index contributed by atoms with van der Waals surface area (Å²) in [6.45, 7) is 13.2. The van der Waals surface area contributed by atoms with Crippen LogP contribution in [0.2, 0.25) is 0 Å². The first-order valence-electron chi connectivity index (χ1n) is 11.3. The van der Waals surface area contributed by atoms with E-state index in [9.17, 15) is 9.59 Å². The molecule has 0 aliphatic heterocycles. The highest BCUT2D eigenvalue weighted by Gasteiger charge is 2.27. The predicted octanol–water partition coefficient (Wildman–Crippen LogP) is 6.08. The summed E-state index contributed by atoms with van der Waals surface area (Å²) in [5.74, 6) is 0.355. The number of hydrogen-bond acceptors (Lipinski definition) is 2. The summed E-state index contributed by atoms with van der Waals surface area (Å²) < 4.78 is 0. The van der Waals surface area contributed by atoms with Gasteiger partial charge in [-0.3, -0.25) is 0 Å². The standard InChI is InChI=1S/C22H45N3O2/c1-7-13-18(11-5)17-25(21(26)23-19(12-6)14-8-2)22(27)24-20(15-9-3)16-10-4/h18-20H,7-17H2,1-6H3,(H,23,26)(H,24,27). The Balaban J connectivity index is 5.23. The quantitative estimate of drug-likeness (QED) is 0.382. The molecule has 0 radical (unpaired) electrons. The number of imide groups is 1. The van der Waals surface area contributed by atoms with Gasteiger partial charge in [-0.05, 0) is 38.0 Å². The maximum atomic E-state index is 13.0. The van der Waals surface area contributed by atoms with Crippen LogP contribution in [0.5, 0.6) is 0 Å². The lowest BCUT2D eigenvalue weighted by molar-refractivity contribution is 0.170. The number of urea groups is 2. The minimum Gasteiger partial charge on any atom is -0.335 e. The van der Waals surface area contributed by atoms with Crippen molar-refractivity contribution >= 4 is 12.1 Å². The van der Waals surface area contributed by atoms with Gasteiger partial charge >= 0.3 is 12.1 Å². The maximum Gasteiger partial charge on any atom is 0.325 e. The van der Waals surface area contributed by atoms with Gasteiger partial charge in [0.05, 0.1) is 0 Å². The van der Waals surface area contributed by atoms with E-state index in [1.165, 1.54) is 4.90 Å². The Morgan fingerprint density at radius 1 is 0.667 bits per heavy atom. The number of amides is 4. The molecule has 0 aromatic rings. The third-order valence-corrected chi connectivity index (χ3v) is 5.26. The smallest absolute Gasteiger partial charge is 0.325 e. The van der Waals surface area contributed by atoms with Crippen LogP contribution in [0.1, 0.15) is 106 Å². The lowest BCUT2D eigenvalue weighted by atomic mass is 10.0. The van der Waals surface area contributed by atoms with Crippen LogP contribution in [0.3, 0.4) is 0 Å². The first kappa shape index (κ1) is 25.7. The van der Waals surface area contributed by atoms with Gasteiger partial charge in [-0.25, -0.2) is 14.5 Å². The molecular formula is C22H45N3O2. The minimum absolute atomic E-state index is 0.131. The van der Waals surface area contributed by atoms with E-state index in [4.69, 9.17) is 0 Å². The third-order valence-electron chi connectivity index (χ3n) is 5.26. The van der Waals surface area contributed by atoms with Crippen molar-refractivity contribution in [1.29, 1.82) is 0 Å². The van der Waals surface area contributed by atoms with Crippen molar-refractivity contribution in [2.75, 3.05) is 6.54 Å². The van der Waals surface area contributed by atoms with E-state index >= 15 is 0 Å². The zero-order valence-electron chi connectivity index (χ0n) is 18.8. The summed E-state index contributed by atoms with van der Waals surface area (Å²) in [4.78, 5) is 27.3. The molecule has 27 heavy (non-hydrogen) atoms. The summed E-state index contributed by atoms with van der Waals surface area (Å²) >= 11 is 0. The van der Waals surface area contributed by atoms with E-state index in [0.29, 0.717) is 12.5 Å². The molecule has 2 unspecified atom stereocenters. The average Bonchev–Trinajstić information content (AvgIpc) is 2.64. The van der Waals surface area contributed by atoms with Crippen LogP contribution in [-0.4, -0.2) is 35.6 Å². The van der Waals surface area contributed by atoms with Gasteiger partial charge in [0.2, 0.25) is 0 Å². The Morgan fingerprint density at radius 3 is 1.52 bits per heavy atom. The zero-order valence-corrected chi connectivity index (χ0v) is 18.8. The van der Waals surface area contributed by atoms with Crippen molar-refractivity contribution in [1.82, 2.24) is 15.5 Å². The number of carbonyl (C=O) groups excluding carboxylic acids is 2. The predicted molar refractivity (Wildman–Crippen MR) is 115 cm³/mol. The molecule has 5 nitrogen and oxygen atoms in total. The van der Waals surface area contributed by atoms with Crippen LogP contribution in [0.15, 0.2) is 0 Å². The Hall–Kier alpha value is -1.26. The number of rotatable bonds is 14. The molecule has 0 saturated carbocycles. The molecule has 0 rings (SSSR count). The molecule has 160 valence electrons. The van der Waals surface area contributed by atoms with Crippen molar-refractivity contribution in [3.05, 3.63) is 0 Å². The third kappa shape index (κ3) is 10.6. The fourth-order valence-corrected chi connectivity index (χ4v) is 3.57. The van der Waals surface area contributed by atoms with Crippen molar-refractivity contribution in [3.8, 4) is 0 Å². The summed E-state index contributed by atoms with van der Waals surface area (Å²) in [7, 11) is 0. The Labute approximate surface area is 168 Å². The lowest BCUT2D eigenvalue weighted by Crippen LogP contribution is -2.54. The molecule has 0 spiro atoms. The normalized spacial score (nSPS) is 13.3. The summed E-state index contributed by atoms with van der Waals surface area (Å²) in [6, 6.07) is -0.202. The van der Waals surface area contributed by atoms with Crippen LogP contribution in [-0.2, 0) is 0 Å². The van der Waals surface area contributed by atoms with Crippen molar-refractivity contribution in [3.63, 3.8) is 0 Å². The Morgan fingerprint density at radius 2 is 1.11 bits per heavy atom. The minimum atomic E-state index is -0.242. The topological polar surface area (TPSA) is 61.4 Å². The lowest BCUT2D eigenvalue weighted by Gasteiger charge is -2.29. The molecule has 5 heteroatoms. The molecule has 2 atom stereocenters. The highest BCUT2D eigenvalue weighted by atomic mass is 16.2. The summed E-state index contributed by atoms with van der Waals surface area (Å²) in [6.07, 6.45) is 9.89. The van der Waals surface area contributed by atoms with Gasteiger partial charge < -0.3 is 10.6 Å². The number of nitrogens with one attached hydrogen (secondary N) is 2. The molecular weight excluding hydrogens is 338 g/mol.